The predicted molar refractivity (Wildman–Crippen MR) is 81.6 cm³/mol. The van der Waals surface area contributed by atoms with Crippen LogP contribution in [0.5, 0.6) is 0 Å². The van der Waals surface area contributed by atoms with Crippen LogP contribution in [-0.4, -0.2) is 19.3 Å². The molecule has 1 heterocycles. The molecular formula is C16H16N2O3S. The lowest BCUT2D eigenvalue weighted by Crippen LogP contribution is -2.32. The highest BCUT2D eigenvalue weighted by Crippen LogP contribution is 2.48. The van der Waals surface area contributed by atoms with Gasteiger partial charge in [-0.1, -0.05) is 30.3 Å². The van der Waals surface area contributed by atoms with E-state index >= 15 is 0 Å². The van der Waals surface area contributed by atoms with E-state index in [1.807, 2.05) is 31.2 Å². The molecule has 114 valence electrons. The number of hydrogen-bond donors (Lipinski definition) is 1. The normalized spacial score (nSPS) is 20.4. The summed E-state index contributed by atoms with van der Waals surface area (Å²) in [5.74, 6) is -0.654. The third-order valence-corrected chi connectivity index (χ3v) is 5.13. The molecule has 1 fully saturated rings. The van der Waals surface area contributed by atoms with Crippen LogP contribution in [0.2, 0.25) is 0 Å². The van der Waals surface area contributed by atoms with E-state index in [0.717, 1.165) is 11.1 Å². The number of sulfonamides is 1. The van der Waals surface area contributed by atoms with Crippen molar-refractivity contribution in [3.63, 3.8) is 0 Å². The molecule has 0 saturated heterocycles. The molecule has 0 bridgehead atoms. The van der Waals surface area contributed by atoms with Crippen molar-refractivity contribution in [1.29, 1.82) is 0 Å². The minimum absolute atomic E-state index is 0.0973. The van der Waals surface area contributed by atoms with Gasteiger partial charge in [0, 0.05) is 12.1 Å². The fourth-order valence-corrected chi connectivity index (χ4v) is 3.58. The summed E-state index contributed by atoms with van der Waals surface area (Å²) in [6.07, 6.45) is 2.06. The predicted octanol–water partition coefficient (Wildman–Crippen LogP) is 2.00. The SMILES string of the molecule is Cc1ccccc1[C@@H]1C[C@@H]1C(=O)NS(=O)(=O)c1ccccn1. The van der Waals surface area contributed by atoms with Crippen molar-refractivity contribution in [3.05, 3.63) is 59.8 Å². The van der Waals surface area contributed by atoms with Gasteiger partial charge in [0.05, 0.1) is 0 Å². The van der Waals surface area contributed by atoms with Crippen LogP contribution in [-0.2, 0) is 14.8 Å². The average molecular weight is 316 g/mol. The standard InChI is InChI=1S/C16H16N2O3S/c1-11-6-2-3-7-12(11)13-10-14(13)16(19)18-22(20,21)15-8-4-5-9-17-15/h2-9,13-14H,10H2,1H3,(H,18,19)/t13-,14-/m0/s1. The maximum atomic E-state index is 12.2. The van der Waals surface area contributed by atoms with E-state index in [4.69, 9.17) is 0 Å². The Hall–Kier alpha value is -2.21. The molecule has 0 radical (unpaired) electrons. The van der Waals surface area contributed by atoms with Gasteiger partial charge in [0.25, 0.3) is 10.0 Å². The summed E-state index contributed by atoms with van der Waals surface area (Å²) in [7, 11) is -3.89. The van der Waals surface area contributed by atoms with E-state index in [2.05, 4.69) is 9.71 Å². The molecule has 2 atom stereocenters. The van der Waals surface area contributed by atoms with Gasteiger partial charge in [0.1, 0.15) is 0 Å². The van der Waals surface area contributed by atoms with Crippen LogP contribution >= 0.6 is 0 Å². The van der Waals surface area contributed by atoms with Crippen molar-refractivity contribution in [3.8, 4) is 0 Å². The molecule has 6 heteroatoms. The summed E-state index contributed by atoms with van der Waals surface area (Å²) in [5, 5.41) is -0.142. The topological polar surface area (TPSA) is 76.1 Å². The van der Waals surface area contributed by atoms with Gasteiger partial charge in [-0.05, 0) is 42.5 Å². The quantitative estimate of drug-likeness (QED) is 0.936. The fraction of sp³-hybridized carbons (Fsp3) is 0.250. The minimum Gasteiger partial charge on any atom is -0.274 e. The number of nitrogens with one attached hydrogen (secondary N) is 1. The Bertz CT molecular complexity index is 803. The first-order valence-corrected chi connectivity index (χ1v) is 8.50. The summed E-state index contributed by atoms with van der Waals surface area (Å²) in [4.78, 5) is 15.9. The number of nitrogens with zero attached hydrogens (tertiary/aromatic N) is 1. The Morgan fingerprint density at radius 3 is 2.59 bits per heavy atom. The van der Waals surface area contributed by atoms with Gasteiger partial charge in [-0.2, -0.15) is 8.42 Å². The number of carbonyl (C=O) groups excluding carboxylic acids is 1. The summed E-state index contributed by atoms with van der Waals surface area (Å²) in [5.41, 5.74) is 2.23. The summed E-state index contributed by atoms with van der Waals surface area (Å²) in [6.45, 7) is 1.99. The highest BCUT2D eigenvalue weighted by Gasteiger charge is 2.45. The monoisotopic (exact) mass is 316 g/mol. The number of benzene rings is 1. The Morgan fingerprint density at radius 1 is 1.18 bits per heavy atom. The van der Waals surface area contributed by atoms with E-state index in [0.29, 0.717) is 6.42 Å². The third-order valence-electron chi connectivity index (χ3n) is 3.86. The molecule has 5 nitrogen and oxygen atoms in total. The lowest BCUT2D eigenvalue weighted by molar-refractivity contribution is -0.120. The average Bonchev–Trinajstić information content (AvgIpc) is 3.29. The Labute approximate surface area is 129 Å². The minimum atomic E-state index is -3.89. The van der Waals surface area contributed by atoms with Gasteiger partial charge in [-0.25, -0.2) is 9.71 Å². The summed E-state index contributed by atoms with van der Waals surface area (Å²) < 4.78 is 26.3. The van der Waals surface area contributed by atoms with E-state index in [1.54, 1.807) is 12.1 Å². The number of aryl methyl sites for hydroxylation is 1. The molecule has 1 aliphatic rings. The second-order valence-electron chi connectivity index (χ2n) is 5.44. The van der Waals surface area contributed by atoms with Crippen LogP contribution < -0.4 is 4.72 Å². The van der Waals surface area contributed by atoms with Crippen LogP contribution in [0.25, 0.3) is 0 Å². The van der Waals surface area contributed by atoms with Crippen LogP contribution in [0.15, 0.2) is 53.7 Å². The highest BCUT2D eigenvalue weighted by atomic mass is 32.2. The van der Waals surface area contributed by atoms with Gasteiger partial charge in [-0.3, -0.25) is 4.79 Å². The Morgan fingerprint density at radius 2 is 1.91 bits per heavy atom. The summed E-state index contributed by atoms with van der Waals surface area (Å²) in [6, 6.07) is 12.4. The molecule has 0 spiro atoms. The zero-order chi connectivity index (χ0) is 15.7. The number of rotatable bonds is 4. The molecule has 1 aromatic heterocycles. The van der Waals surface area contributed by atoms with E-state index in [9.17, 15) is 13.2 Å². The van der Waals surface area contributed by atoms with Gasteiger partial charge < -0.3 is 0 Å². The van der Waals surface area contributed by atoms with Gasteiger partial charge in [-0.15, -0.1) is 0 Å². The maximum absolute atomic E-state index is 12.2. The molecule has 0 unspecified atom stereocenters. The van der Waals surface area contributed by atoms with Crippen molar-refractivity contribution in [1.82, 2.24) is 9.71 Å². The van der Waals surface area contributed by atoms with Gasteiger partial charge >= 0.3 is 0 Å². The van der Waals surface area contributed by atoms with Crippen LogP contribution in [0.3, 0.4) is 0 Å². The molecule has 1 aliphatic carbocycles. The smallest absolute Gasteiger partial charge is 0.274 e. The maximum Gasteiger partial charge on any atom is 0.281 e. The van der Waals surface area contributed by atoms with Crippen molar-refractivity contribution >= 4 is 15.9 Å². The van der Waals surface area contributed by atoms with E-state index in [1.165, 1.54) is 12.3 Å². The molecule has 2 aromatic rings. The number of hydrogen-bond acceptors (Lipinski definition) is 4. The lowest BCUT2D eigenvalue weighted by Gasteiger charge is -2.07. The molecule has 0 aliphatic heterocycles. The first-order valence-electron chi connectivity index (χ1n) is 7.02. The van der Waals surface area contributed by atoms with Crippen molar-refractivity contribution in [2.45, 2.75) is 24.3 Å². The molecule has 1 aromatic carbocycles. The van der Waals surface area contributed by atoms with Crippen molar-refractivity contribution in [2.75, 3.05) is 0 Å². The molecular weight excluding hydrogens is 300 g/mol. The Kier molecular flexibility index (Phi) is 3.70. The first kappa shape index (κ1) is 14.7. The zero-order valence-electron chi connectivity index (χ0n) is 12.1. The number of pyridine rings is 1. The second kappa shape index (κ2) is 5.53. The van der Waals surface area contributed by atoms with Gasteiger partial charge in [0.2, 0.25) is 5.91 Å². The highest BCUT2D eigenvalue weighted by molar-refractivity contribution is 7.90. The van der Waals surface area contributed by atoms with Crippen molar-refractivity contribution < 1.29 is 13.2 Å². The number of amides is 1. The van der Waals surface area contributed by atoms with E-state index < -0.39 is 15.9 Å². The third kappa shape index (κ3) is 2.87. The molecule has 1 saturated carbocycles. The second-order valence-corrected chi connectivity index (χ2v) is 7.07. The Balaban J connectivity index is 1.71. The van der Waals surface area contributed by atoms with Crippen LogP contribution in [0, 0.1) is 12.8 Å². The molecule has 22 heavy (non-hydrogen) atoms. The first-order chi connectivity index (χ1) is 10.5. The zero-order valence-corrected chi connectivity index (χ0v) is 12.9. The lowest BCUT2D eigenvalue weighted by atomic mass is 10.0. The molecule has 3 rings (SSSR count). The van der Waals surface area contributed by atoms with Crippen LogP contribution in [0.4, 0.5) is 0 Å². The van der Waals surface area contributed by atoms with Crippen LogP contribution in [0.1, 0.15) is 23.5 Å². The molecule has 1 amide bonds. The van der Waals surface area contributed by atoms with Gasteiger partial charge in [0.15, 0.2) is 5.03 Å². The largest absolute Gasteiger partial charge is 0.281 e. The number of aromatic nitrogens is 1. The van der Waals surface area contributed by atoms with Crippen molar-refractivity contribution in [2.24, 2.45) is 5.92 Å². The number of carbonyl (C=O) groups is 1. The summed E-state index contributed by atoms with van der Waals surface area (Å²) >= 11 is 0. The van der Waals surface area contributed by atoms with E-state index in [-0.39, 0.29) is 16.9 Å². The fourth-order valence-electron chi connectivity index (χ4n) is 2.60. The molecule has 1 N–H and O–H groups in total.